The lowest BCUT2D eigenvalue weighted by Gasteiger charge is -2.03. The summed E-state index contributed by atoms with van der Waals surface area (Å²) in [7, 11) is 0. The summed E-state index contributed by atoms with van der Waals surface area (Å²) in [4.78, 5) is 0. The van der Waals surface area contributed by atoms with E-state index in [2.05, 4.69) is 6.58 Å². The summed E-state index contributed by atoms with van der Waals surface area (Å²) < 4.78 is 25.2. The molecule has 0 aromatic rings. The molecule has 0 nitrogen and oxygen atoms in total. The van der Waals surface area contributed by atoms with Crippen molar-refractivity contribution in [1.29, 1.82) is 0 Å². The van der Waals surface area contributed by atoms with Gasteiger partial charge in [-0.15, -0.1) is 0 Å². The Morgan fingerprint density at radius 3 is 2.29 bits per heavy atom. The summed E-state index contributed by atoms with van der Waals surface area (Å²) in [5.74, 6) is -0.727. The van der Waals surface area contributed by atoms with Gasteiger partial charge in [-0.1, -0.05) is 25.2 Å². The van der Waals surface area contributed by atoms with Crippen LogP contribution in [-0.4, -0.2) is 0 Å². The van der Waals surface area contributed by atoms with Gasteiger partial charge in [0.05, 0.1) is 5.83 Å². The van der Waals surface area contributed by atoms with Crippen LogP contribution in [-0.2, 0) is 0 Å². The molecule has 0 fully saturated rings. The van der Waals surface area contributed by atoms with Gasteiger partial charge in [0.2, 0.25) is 0 Å². The Morgan fingerprint density at radius 1 is 1.29 bits per heavy atom. The van der Waals surface area contributed by atoms with Crippen molar-refractivity contribution < 1.29 is 8.78 Å². The van der Waals surface area contributed by atoms with Crippen molar-refractivity contribution in [2.75, 3.05) is 0 Å². The van der Waals surface area contributed by atoms with Crippen LogP contribution in [0.25, 0.3) is 0 Å². The van der Waals surface area contributed by atoms with E-state index in [1.165, 1.54) is 31.2 Å². The molecule has 0 aliphatic carbocycles. The molecule has 0 aromatic carbocycles. The SMILES string of the molecule is C=C(C)C(C)/C=C(F)/C=C\C=C(\C)F. The van der Waals surface area contributed by atoms with Crippen LogP contribution in [0.2, 0.25) is 0 Å². The highest BCUT2D eigenvalue weighted by molar-refractivity contribution is 5.20. The topological polar surface area (TPSA) is 0 Å². The lowest BCUT2D eigenvalue weighted by Crippen LogP contribution is -1.89. The number of hydrogen-bond donors (Lipinski definition) is 0. The van der Waals surface area contributed by atoms with Gasteiger partial charge < -0.3 is 0 Å². The maximum atomic E-state index is 13.0. The first-order chi connectivity index (χ1) is 6.43. The predicted octanol–water partition coefficient (Wildman–Crippen LogP) is 4.48. The fraction of sp³-hybridized carbons (Fsp3) is 0.333. The van der Waals surface area contributed by atoms with Crippen LogP contribution in [0.4, 0.5) is 8.78 Å². The highest BCUT2D eigenvalue weighted by Crippen LogP contribution is 2.13. The van der Waals surface area contributed by atoms with Gasteiger partial charge >= 0.3 is 0 Å². The minimum Gasteiger partial charge on any atom is -0.212 e. The van der Waals surface area contributed by atoms with Crippen molar-refractivity contribution >= 4 is 0 Å². The average Bonchev–Trinajstić information content (AvgIpc) is 2.02. The Kier molecular flexibility index (Phi) is 5.77. The fourth-order valence-electron chi connectivity index (χ4n) is 0.709. The van der Waals surface area contributed by atoms with E-state index >= 15 is 0 Å². The summed E-state index contributed by atoms with van der Waals surface area (Å²) in [5, 5.41) is 0. The van der Waals surface area contributed by atoms with Crippen LogP contribution in [0.5, 0.6) is 0 Å². The van der Waals surface area contributed by atoms with E-state index in [4.69, 9.17) is 0 Å². The molecule has 0 aliphatic heterocycles. The molecule has 0 spiro atoms. The first kappa shape index (κ1) is 12.8. The Hall–Kier alpha value is -1.18. The highest BCUT2D eigenvalue weighted by Gasteiger charge is 1.98. The molecule has 0 bridgehead atoms. The molecule has 0 radical (unpaired) electrons. The average molecular weight is 198 g/mol. The predicted molar refractivity (Wildman–Crippen MR) is 57.2 cm³/mol. The van der Waals surface area contributed by atoms with Crippen molar-refractivity contribution in [2.45, 2.75) is 20.8 Å². The largest absolute Gasteiger partial charge is 0.212 e. The van der Waals surface area contributed by atoms with Crippen molar-refractivity contribution in [1.82, 2.24) is 0 Å². The quantitative estimate of drug-likeness (QED) is 0.461. The lowest BCUT2D eigenvalue weighted by atomic mass is 10.0. The summed E-state index contributed by atoms with van der Waals surface area (Å²) in [6, 6.07) is 0. The second-order valence-electron chi connectivity index (χ2n) is 3.30. The number of halogens is 2. The Balaban J connectivity index is 4.34. The zero-order valence-corrected chi connectivity index (χ0v) is 8.85. The molecule has 0 amide bonds. The second kappa shape index (κ2) is 6.30. The summed E-state index contributed by atoms with van der Waals surface area (Å²) in [6.07, 6.45) is 5.22. The molecule has 0 rings (SSSR count). The molecular formula is C12H16F2. The maximum absolute atomic E-state index is 13.0. The van der Waals surface area contributed by atoms with E-state index in [1.807, 2.05) is 13.8 Å². The summed E-state index contributed by atoms with van der Waals surface area (Å²) in [6.45, 7) is 8.71. The third kappa shape index (κ3) is 6.35. The molecule has 0 aliphatic rings. The van der Waals surface area contributed by atoms with Crippen LogP contribution in [0, 0.1) is 5.92 Å². The second-order valence-corrected chi connectivity index (χ2v) is 3.30. The molecule has 0 N–H and O–H groups in total. The van der Waals surface area contributed by atoms with Crippen LogP contribution >= 0.6 is 0 Å². The summed E-state index contributed by atoms with van der Waals surface area (Å²) >= 11 is 0. The molecule has 0 heterocycles. The van der Waals surface area contributed by atoms with Gasteiger partial charge in [0, 0.05) is 0 Å². The number of hydrogen-bond acceptors (Lipinski definition) is 0. The monoisotopic (exact) mass is 198 g/mol. The van der Waals surface area contributed by atoms with Crippen molar-refractivity contribution in [3.05, 3.63) is 48.1 Å². The van der Waals surface area contributed by atoms with Gasteiger partial charge in [-0.3, -0.25) is 0 Å². The fourth-order valence-corrected chi connectivity index (χ4v) is 0.709. The Morgan fingerprint density at radius 2 is 1.86 bits per heavy atom. The molecule has 2 heteroatoms. The zero-order valence-electron chi connectivity index (χ0n) is 8.85. The molecule has 14 heavy (non-hydrogen) atoms. The molecule has 78 valence electrons. The van der Waals surface area contributed by atoms with Crippen molar-refractivity contribution in [2.24, 2.45) is 5.92 Å². The third-order valence-electron chi connectivity index (χ3n) is 1.77. The van der Waals surface area contributed by atoms with Gasteiger partial charge in [-0.2, -0.15) is 0 Å². The van der Waals surface area contributed by atoms with Crippen LogP contribution < -0.4 is 0 Å². The van der Waals surface area contributed by atoms with E-state index in [-0.39, 0.29) is 17.6 Å². The van der Waals surface area contributed by atoms with E-state index in [1.54, 1.807) is 0 Å². The van der Waals surface area contributed by atoms with Gasteiger partial charge in [-0.25, -0.2) is 8.78 Å². The number of rotatable bonds is 4. The molecule has 1 atom stereocenters. The third-order valence-corrected chi connectivity index (χ3v) is 1.77. The van der Waals surface area contributed by atoms with Crippen LogP contribution in [0.1, 0.15) is 20.8 Å². The minimum atomic E-state index is -0.377. The summed E-state index contributed by atoms with van der Waals surface area (Å²) in [5.41, 5.74) is 0.894. The minimum absolute atomic E-state index is 0.00453. The molecule has 0 aromatic heterocycles. The normalized spacial score (nSPS) is 16.1. The van der Waals surface area contributed by atoms with Gasteiger partial charge in [-0.05, 0) is 38.0 Å². The van der Waals surface area contributed by atoms with E-state index < -0.39 is 0 Å². The van der Waals surface area contributed by atoms with Crippen LogP contribution in [0.15, 0.2) is 48.1 Å². The maximum Gasteiger partial charge on any atom is 0.119 e. The molecular weight excluding hydrogens is 182 g/mol. The molecule has 0 saturated heterocycles. The Bertz CT molecular complexity index is 279. The van der Waals surface area contributed by atoms with Crippen molar-refractivity contribution in [3.63, 3.8) is 0 Å². The number of allylic oxidation sites excluding steroid dienone is 7. The van der Waals surface area contributed by atoms with Gasteiger partial charge in [0.25, 0.3) is 0 Å². The molecule has 1 unspecified atom stereocenters. The zero-order chi connectivity index (χ0) is 11.1. The smallest absolute Gasteiger partial charge is 0.119 e. The first-order valence-electron chi connectivity index (χ1n) is 4.46. The highest BCUT2D eigenvalue weighted by atomic mass is 19.1. The van der Waals surface area contributed by atoms with Crippen LogP contribution in [0.3, 0.4) is 0 Å². The first-order valence-corrected chi connectivity index (χ1v) is 4.46. The van der Waals surface area contributed by atoms with E-state index in [0.717, 1.165) is 5.57 Å². The Labute approximate surface area is 84.3 Å². The molecule has 0 saturated carbocycles. The van der Waals surface area contributed by atoms with E-state index in [0.29, 0.717) is 0 Å². The van der Waals surface area contributed by atoms with Crippen molar-refractivity contribution in [3.8, 4) is 0 Å². The van der Waals surface area contributed by atoms with Gasteiger partial charge in [0.15, 0.2) is 0 Å². The lowest BCUT2D eigenvalue weighted by molar-refractivity contribution is 0.639. The van der Waals surface area contributed by atoms with E-state index in [9.17, 15) is 8.78 Å². The van der Waals surface area contributed by atoms with Gasteiger partial charge in [0.1, 0.15) is 5.83 Å². The standard InChI is InChI=1S/C12H16F2/c1-9(2)10(3)8-12(14)7-5-6-11(4)13/h5-8,10H,1H2,2-4H3/b7-5-,11-6-,12-8-.